The number of hydrogen-bond donors (Lipinski definition) is 0. The number of carbonyl (C=O) groups is 1. The van der Waals surface area contributed by atoms with Crippen molar-refractivity contribution in [1.29, 1.82) is 0 Å². The molecule has 1 unspecified atom stereocenters. The van der Waals surface area contributed by atoms with Crippen LogP contribution in [-0.2, 0) is 47.4 Å². The zero-order valence-electron chi connectivity index (χ0n) is 20.9. The highest BCUT2D eigenvalue weighted by Gasteiger charge is 2.00. The Morgan fingerprint density at radius 2 is 0.848 bits per heavy atom. The third-order valence-corrected chi connectivity index (χ3v) is 4.38. The summed E-state index contributed by atoms with van der Waals surface area (Å²) >= 11 is 0. The summed E-state index contributed by atoms with van der Waals surface area (Å²) in [5, 5.41) is 0. The number of ether oxygens (including phenoxy) is 9. The molecular weight excluding hydrogens is 436 g/mol. The molecular formula is C23H46O10. The van der Waals surface area contributed by atoms with E-state index in [1.165, 1.54) is 7.11 Å². The van der Waals surface area contributed by atoms with Crippen molar-refractivity contribution in [2.24, 2.45) is 5.92 Å². The number of methoxy groups -OCH3 is 1. The molecule has 0 aromatic heterocycles. The Hall–Kier alpha value is -0.850. The van der Waals surface area contributed by atoms with E-state index < -0.39 is 0 Å². The number of carbonyl (C=O) groups excluding carboxylic acids is 1. The van der Waals surface area contributed by atoms with E-state index in [-0.39, 0.29) is 12.4 Å². The molecule has 0 aromatic rings. The normalized spacial score (nSPS) is 12.2. The third kappa shape index (κ3) is 27.3. The minimum Gasteiger partial charge on any atom is -0.469 e. The van der Waals surface area contributed by atoms with Gasteiger partial charge in [-0.25, -0.2) is 0 Å². The molecule has 33 heavy (non-hydrogen) atoms. The predicted molar refractivity (Wildman–Crippen MR) is 123 cm³/mol. The van der Waals surface area contributed by atoms with Crippen molar-refractivity contribution in [2.75, 3.05) is 113 Å². The van der Waals surface area contributed by atoms with Crippen molar-refractivity contribution >= 4 is 5.97 Å². The molecule has 0 N–H and O–H groups in total. The molecule has 0 rings (SSSR count). The predicted octanol–water partition coefficient (Wildman–Crippen LogP) is 1.73. The van der Waals surface area contributed by atoms with Gasteiger partial charge < -0.3 is 42.6 Å². The minimum atomic E-state index is -0.279. The molecule has 0 bridgehead atoms. The monoisotopic (exact) mass is 482 g/mol. The van der Waals surface area contributed by atoms with E-state index in [1.54, 1.807) is 0 Å². The summed E-state index contributed by atoms with van der Waals surface area (Å²) in [6, 6.07) is 0. The van der Waals surface area contributed by atoms with Crippen LogP contribution in [0.3, 0.4) is 0 Å². The fourth-order valence-corrected chi connectivity index (χ4v) is 2.20. The molecule has 0 aliphatic heterocycles. The van der Waals surface area contributed by atoms with Crippen molar-refractivity contribution in [3.8, 4) is 0 Å². The van der Waals surface area contributed by atoms with Crippen LogP contribution in [0.15, 0.2) is 0 Å². The summed E-state index contributed by atoms with van der Waals surface area (Å²) in [6.45, 7) is 12.8. The minimum absolute atomic E-state index is 0.253. The van der Waals surface area contributed by atoms with Crippen LogP contribution in [0.4, 0.5) is 0 Å². The summed E-state index contributed by atoms with van der Waals surface area (Å²) < 4.78 is 47.8. The van der Waals surface area contributed by atoms with Crippen LogP contribution in [0.1, 0.15) is 26.7 Å². The van der Waals surface area contributed by atoms with Crippen molar-refractivity contribution in [3.63, 3.8) is 0 Å². The molecule has 0 fully saturated rings. The molecule has 0 amide bonds. The maximum Gasteiger partial charge on any atom is 0.307 e. The lowest BCUT2D eigenvalue weighted by molar-refractivity contribution is -0.141. The van der Waals surface area contributed by atoms with E-state index in [0.717, 1.165) is 13.0 Å². The lowest BCUT2D eigenvalue weighted by atomic mass is 10.1. The average molecular weight is 483 g/mol. The highest BCUT2D eigenvalue weighted by Crippen LogP contribution is 1.99. The van der Waals surface area contributed by atoms with Gasteiger partial charge in [0.05, 0.1) is 113 Å². The fourth-order valence-electron chi connectivity index (χ4n) is 2.20. The van der Waals surface area contributed by atoms with Gasteiger partial charge in [-0.3, -0.25) is 4.79 Å². The topological polar surface area (TPSA) is 100 Å². The Bertz CT molecular complexity index is 397. The Morgan fingerprint density at radius 3 is 1.15 bits per heavy atom. The van der Waals surface area contributed by atoms with E-state index in [4.69, 9.17) is 37.9 Å². The first-order valence-corrected chi connectivity index (χ1v) is 11.9. The van der Waals surface area contributed by atoms with Gasteiger partial charge in [-0.1, -0.05) is 20.3 Å². The molecule has 0 radical (unpaired) electrons. The van der Waals surface area contributed by atoms with Crippen LogP contribution in [0.2, 0.25) is 0 Å². The van der Waals surface area contributed by atoms with E-state index in [1.807, 2.05) is 0 Å². The maximum absolute atomic E-state index is 10.9. The first-order valence-electron chi connectivity index (χ1n) is 11.9. The SMILES string of the molecule is CCC(C)COCCOCCOCCOCCOCCOCCOCCOCCC(=O)OC. The molecule has 0 spiro atoms. The fraction of sp³-hybridized carbons (Fsp3) is 0.957. The van der Waals surface area contributed by atoms with E-state index >= 15 is 0 Å². The summed E-state index contributed by atoms with van der Waals surface area (Å²) in [7, 11) is 1.36. The molecule has 10 nitrogen and oxygen atoms in total. The highest BCUT2D eigenvalue weighted by molar-refractivity contribution is 5.69. The average Bonchev–Trinajstić information content (AvgIpc) is 2.83. The lowest BCUT2D eigenvalue weighted by Crippen LogP contribution is -2.15. The molecule has 10 heteroatoms. The number of rotatable bonds is 27. The van der Waals surface area contributed by atoms with Gasteiger partial charge in [-0.2, -0.15) is 0 Å². The van der Waals surface area contributed by atoms with Gasteiger partial charge >= 0.3 is 5.97 Å². The van der Waals surface area contributed by atoms with Crippen molar-refractivity contribution in [3.05, 3.63) is 0 Å². The van der Waals surface area contributed by atoms with E-state index in [2.05, 4.69) is 18.6 Å². The second kappa shape index (κ2) is 27.4. The van der Waals surface area contributed by atoms with E-state index in [0.29, 0.717) is 105 Å². The van der Waals surface area contributed by atoms with Crippen molar-refractivity contribution < 1.29 is 47.4 Å². The van der Waals surface area contributed by atoms with Gasteiger partial charge in [-0.05, 0) is 5.92 Å². The smallest absolute Gasteiger partial charge is 0.307 e. The second-order valence-electron chi connectivity index (χ2n) is 7.20. The Balaban J connectivity index is 3.04. The van der Waals surface area contributed by atoms with Crippen molar-refractivity contribution in [2.45, 2.75) is 26.7 Å². The number of hydrogen-bond acceptors (Lipinski definition) is 10. The molecule has 0 aliphatic carbocycles. The summed E-state index contributed by atoms with van der Waals surface area (Å²) in [6.07, 6.45) is 1.39. The largest absolute Gasteiger partial charge is 0.469 e. The third-order valence-electron chi connectivity index (χ3n) is 4.38. The Kier molecular flexibility index (Phi) is 26.7. The molecule has 1 atom stereocenters. The summed E-state index contributed by atoms with van der Waals surface area (Å²) in [4.78, 5) is 10.9. The van der Waals surface area contributed by atoms with Crippen LogP contribution < -0.4 is 0 Å². The van der Waals surface area contributed by atoms with Crippen LogP contribution >= 0.6 is 0 Å². The zero-order valence-corrected chi connectivity index (χ0v) is 20.9. The first-order chi connectivity index (χ1) is 16.2. The molecule has 0 aromatic carbocycles. The Morgan fingerprint density at radius 1 is 0.545 bits per heavy atom. The molecule has 0 aliphatic rings. The second-order valence-corrected chi connectivity index (χ2v) is 7.20. The van der Waals surface area contributed by atoms with Gasteiger partial charge in [-0.15, -0.1) is 0 Å². The lowest BCUT2D eigenvalue weighted by Gasteiger charge is -2.10. The van der Waals surface area contributed by atoms with Gasteiger partial charge in [0.2, 0.25) is 0 Å². The summed E-state index contributed by atoms with van der Waals surface area (Å²) in [5.74, 6) is 0.320. The number of esters is 1. The van der Waals surface area contributed by atoms with E-state index in [9.17, 15) is 4.79 Å². The standard InChI is InChI=1S/C23H46O10/c1-4-22(2)21-33-20-19-32-18-17-31-16-15-30-14-13-29-12-11-28-10-9-27-8-7-26-6-5-23(24)25-3/h22H,4-21H2,1-3H3. The molecule has 198 valence electrons. The van der Waals surface area contributed by atoms with Gasteiger partial charge in [0.25, 0.3) is 0 Å². The Labute approximate surface area is 199 Å². The van der Waals surface area contributed by atoms with Gasteiger partial charge in [0.15, 0.2) is 0 Å². The molecule has 0 saturated carbocycles. The quantitative estimate of drug-likeness (QED) is 0.127. The zero-order chi connectivity index (χ0) is 24.2. The van der Waals surface area contributed by atoms with Crippen LogP contribution in [0.25, 0.3) is 0 Å². The van der Waals surface area contributed by atoms with Crippen LogP contribution in [-0.4, -0.2) is 119 Å². The van der Waals surface area contributed by atoms with Crippen LogP contribution in [0.5, 0.6) is 0 Å². The first kappa shape index (κ1) is 32.1. The van der Waals surface area contributed by atoms with Gasteiger partial charge in [0, 0.05) is 6.61 Å². The highest BCUT2D eigenvalue weighted by atomic mass is 16.6. The summed E-state index contributed by atoms with van der Waals surface area (Å²) in [5.41, 5.74) is 0. The van der Waals surface area contributed by atoms with Crippen molar-refractivity contribution in [1.82, 2.24) is 0 Å². The maximum atomic E-state index is 10.9. The molecule has 0 saturated heterocycles. The van der Waals surface area contributed by atoms with Crippen LogP contribution in [0, 0.1) is 5.92 Å². The van der Waals surface area contributed by atoms with Gasteiger partial charge in [0.1, 0.15) is 0 Å². The molecule has 0 heterocycles.